The summed E-state index contributed by atoms with van der Waals surface area (Å²) < 4.78 is 38.2. The zero-order valence-corrected chi connectivity index (χ0v) is 17.9. The Morgan fingerprint density at radius 2 is 1.91 bits per heavy atom. The molecule has 0 radical (unpaired) electrons. The van der Waals surface area contributed by atoms with Crippen LogP contribution >= 0.6 is 0 Å². The lowest BCUT2D eigenvalue weighted by Crippen LogP contribution is -2.45. The minimum atomic E-state index is -4.40. The van der Waals surface area contributed by atoms with Gasteiger partial charge in [-0.15, -0.1) is 0 Å². The number of anilines is 1. The molecule has 2 aromatic carbocycles. The average molecular weight is 445 g/mol. The molecule has 0 aliphatic carbocycles. The number of rotatable bonds is 4. The maximum Gasteiger partial charge on any atom is 0.416 e. The number of carbonyl (C=O) groups excluding carboxylic acids is 2. The topological polar surface area (TPSA) is 61.4 Å². The second-order valence-electron chi connectivity index (χ2n) is 8.47. The van der Waals surface area contributed by atoms with Crippen molar-refractivity contribution in [2.24, 2.45) is 0 Å². The monoisotopic (exact) mass is 445 g/mol. The summed E-state index contributed by atoms with van der Waals surface area (Å²) in [6.07, 6.45) is -1.90. The number of aryl methyl sites for hydroxylation is 1. The number of alkyl halides is 3. The quantitative estimate of drug-likeness (QED) is 0.752. The molecule has 8 heteroatoms. The first-order valence-electron chi connectivity index (χ1n) is 10.8. The number of amides is 2. The van der Waals surface area contributed by atoms with E-state index in [4.69, 9.17) is 0 Å². The summed E-state index contributed by atoms with van der Waals surface area (Å²) in [7, 11) is 0. The predicted octanol–water partition coefficient (Wildman–Crippen LogP) is 3.83. The van der Waals surface area contributed by atoms with E-state index in [1.165, 1.54) is 12.1 Å². The molecular formula is C24H26F3N3O2. The highest BCUT2D eigenvalue weighted by Gasteiger charge is 2.31. The Morgan fingerprint density at radius 1 is 1.16 bits per heavy atom. The van der Waals surface area contributed by atoms with Gasteiger partial charge in [-0.3, -0.25) is 9.59 Å². The lowest BCUT2D eigenvalue weighted by molar-refractivity contribution is -0.137. The Balaban J connectivity index is 1.45. The summed E-state index contributed by atoms with van der Waals surface area (Å²) >= 11 is 0. The molecule has 170 valence electrons. The molecule has 0 bridgehead atoms. The smallest absolute Gasteiger partial charge is 0.337 e. The zero-order chi connectivity index (χ0) is 22.9. The molecule has 2 aromatic rings. The third-order valence-electron chi connectivity index (χ3n) is 6.19. The Bertz CT molecular complexity index is 1010. The minimum absolute atomic E-state index is 0.0147. The van der Waals surface area contributed by atoms with Crippen molar-refractivity contribution in [3.8, 4) is 0 Å². The molecule has 1 atom stereocenters. The van der Waals surface area contributed by atoms with E-state index in [1.54, 1.807) is 0 Å². The largest absolute Gasteiger partial charge is 0.416 e. The first-order chi connectivity index (χ1) is 15.2. The molecule has 2 aliphatic rings. The number of carbonyl (C=O) groups is 2. The van der Waals surface area contributed by atoms with Crippen LogP contribution < -0.4 is 10.6 Å². The van der Waals surface area contributed by atoms with Crippen LogP contribution in [0.2, 0.25) is 0 Å². The molecule has 2 aliphatic heterocycles. The highest BCUT2D eigenvalue weighted by atomic mass is 19.4. The number of hydrogen-bond donors (Lipinski definition) is 2. The van der Waals surface area contributed by atoms with Gasteiger partial charge in [-0.2, -0.15) is 13.2 Å². The highest BCUT2D eigenvalue weighted by molar-refractivity contribution is 5.94. The van der Waals surface area contributed by atoms with Crippen LogP contribution in [-0.4, -0.2) is 35.8 Å². The molecule has 2 heterocycles. The Morgan fingerprint density at radius 3 is 2.56 bits per heavy atom. The van der Waals surface area contributed by atoms with Gasteiger partial charge in [0.25, 0.3) is 0 Å². The first-order valence-corrected chi connectivity index (χ1v) is 10.8. The van der Waals surface area contributed by atoms with Gasteiger partial charge >= 0.3 is 6.18 Å². The van der Waals surface area contributed by atoms with E-state index in [0.29, 0.717) is 25.1 Å². The van der Waals surface area contributed by atoms with Crippen molar-refractivity contribution in [2.75, 3.05) is 18.4 Å². The van der Waals surface area contributed by atoms with Crippen LogP contribution in [0.5, 0.6) is 0 Å². The zero-order valence-electron chi connectivity index (χ0n) is 17.9. The van der Waals surface area contributed by atoms with Crippen LogP contribution in [0.15, 0.2) is 36.4 Å². The summed E-state index contributed by atoms with van der Waals surface area (Å²) in [4.78, 5) is 27.3. The van der Waals surface area contributed by atoms with Crippen LogP contribution in [0, 0.1) is 6.92 Å². The van der Waals surface area contributed by atoms with E-state index in [9.17, 15) is 22.8 Å². The van der Waals surface area contributed by atoms with Gasteiger partial charge in [0.15, 0.2) is 0 Å². The second-order valence-corrected chi connectivity index (χ2v) is 8.47. The van der Waals surface area contributed by atoms with Crippen molar-refractivity contribution in [1.29, 1.82) is 0 Å². The fraction of sp³-hybridized carbons (Fsp3) is 0.417. The molecule has 32 heavy (non-hydrogen) atoms. The van der Waals surface area contributed by atoms with Gasteiger partial charge in [0, 0.05) is 18.8 Å². The van der Waals surface area contributed by atoms with Gasteiger partial charge in [-0.1, -0.05) is 24.3 Å². The second kappa shape index (κ2) is 8.94. The number of nitrogens with zero attached hydrogens (tertiary/aromatic N) is 1. The Labute approximate surface area is 185 Å². The van der Waals surface area contributed by atoms with E-state index in [1.807, 2.05) is 24.0 Å². The Kier molecular flexibility index (Phi) is 6.24. The van der Waals surface area contributed by atoms with Gasteiger partial charge in [0.2, 0.25) is 11.8 Å². The normalized spacial score (nSPS) is 18.4. The first kappa shape index (κ1) is 22.3. The minimum Gasteiger partial charge on any atom is -0.337 e. The van der Waals surface area contributed by atoms with Crippen LogP contribution in [0.1, 0.15) is 40.7 Å². The van der Waals surface area contributed by atoms with Crippen LogP contribution in [-0.2, 0) is 35.2 Å². The van der Waals surface area contributed by atoms with Crippen molar-refractivity contribution in [3.63, 3.8) is 0 Å². The predicted molar refractivity (Wildman–Crippen MR) is 115 cm³/mol. The molecule has 1 saturated heterocycles. The molecule has 5 nitrogen and oxygen atoms in total. The Hall–Kier alpha value is -2.87. The van der Waals surface area contributed by atoms with E-state index in [0.717, 1.165) is 53.9 Å². The van der Waals surface area contributed by atoms with Crippen LogP contribution in [0.3, 0.4) is 0 Å². The van der Waals surface area contributed by atoms with Crippen molar-refractivity contribution in [1.82, 2.24) is 10.2 Å². The molecule has 2 amide bonds. The summed E-state index contributed by atoms with van der Waals surface area (Å²) in [5.74, 6) is -0.156. The van der Waals surface area contributed by atoms with Crippen molar-refractivity contribution in [2.45, 2.75) is 51.4 Å². The van der Waals surface area contributed by atoms with Gasteiger partial charge in [0.1, 0.15) is 0 Å². The molecule has 2 N–H and O–H groups in total. The molecule has 0 saturated carbocycles. The number of benzene rings is 2. The van der Waals surface area contributed by atoms with Gasteiger partial charge in [0.05, 0.1) is 18.0 Å². The molecule has 0 aromatic heterocycles. The van der Waals surface area contributed by atoms with Crippen LogP contribution in [0.4, 0.5) is 18.9 Å². The lowest BCUT2D eigenvalue weighted by Gasteiger charge is -2.32. The molecule has 1 fully saturated rings. The summed E-state index contributed by atoms with van der Waals surface area (Å²) in [6, 6.07) is 8.45. The fourth-order valence-corrected chi connectivity index (χ4v) is 4.43. The molecular weight excluding hydrogens is 419 g/mol. The summed E-state index contributed by atoms with van der Waals surface area (Å²) in [5, 5.41) is 6.20. The van der Waals surface area contributed by atoms with Gasteiger partial charge < -0.3 is 15.5 Å². The maximum atomic E-state index is 12.8. The third-order valence-corrected chi connectivity index (χ3v) is 6.19. The number of nitrogens with one attached hydrogen (secondary N) is 2. The molecule has 0 spiro atoms. The number of hydrogen-bond acceptors (Lipinski definition) is 3. The van der Waals surface area contributed by atoms with Crippen molar-refractivity contribution >= 4 is 17.5 Å². The van der Waals surface area contributed by atoms with E-state index in [2.05, 4.69) is 10.6 Å². The molecule has 4 rings (SSSR count). The standard InChI is InChI=1S/C24H26F3N3O2/c1-15-4-7-17-14-30(23(32)20-3-2-11-28-20)12-10-19(17)22(15)29-21(31)13-16-5-8-18(9-6-16)24(25,26)27/h4-9,20,28H,2-3,10-14H2,1H3,(H,29,31). The maximum absolute atomic E-state index is 12.8. The van der Waals surface area contributed by atoms with Crippen molar-refractivity contribution in [3.05, 3.63) is 64.2 Å². The number of halogens is 3. The SMILES string of the molecule is Cc1ccc2c(c1NC(=O)Cc1ccc(C(F)(F)F)cc1)CCN(C(=O)C1CCCN1)C2. The highest BCUT2D eigenvalue weighted by Crippen LogP contribution is 2.31. The number of fused-ring (bicyclic) bond motifs is 1. The van der Waals surface area contributed by atoms with Crippen molar-refractivity contribution < 1.29 is 22.8 Å². The fourth-order valence-electron chi connectivity index (χ4n) is 4.43. The van der Waals surface area contributed by atoms with E-state index < -0.39 is 11.7 Å². The third kappa shape index (κ3) is 4.80. The van der Waals surface area contributed by atoms with Gasteiger partial charge in [-0.25, -0.2) is 0 Å². The average Bonchev–Trinajstić information content (AvgIpc) is 3.29. The summed E-state index contributed by atoms with van der Waals surface area (Å²) in [6.45, 7) is 3.88. The summed E-state index contributed by atoms with van der Waals surface area (Å²) in [5.41, 5.74) is 3.47. The van der Waals surface area contributed by atoms with E-state index in [-0.39, 0.29) is 24.3 Å². The van der Waals surface area contributed by atoms with E-state index >= 15 is 0 Å². The lowest BCUT2D eigenvalue weighted by atomic mass is 9.94. The molecule has 1 unspecified atom stereocenters. The van der Waals surface area contributed by atoms with Gasteiger partial charge in [-0.05, 0) is 67.1 Å². The van der Waals surface area contributed by atoms with Crippen LogP contribution in [0.25, 0.3) is 0 Å².